The average molecular weight is 254 g/mol. The summed E-state index contributed by atoms with van der Waals surface area (Å²) in [6.45, 7) is 7.84. The first kappa shape index (κ1) is 15.2. The zero-order valence-corrected chi connectivity index (χ0v) is 11.8. The molecule has 1 aliphatic heterocycles. The summed E-state index contributed by atoms with van der Waals surface area (Å²) in [4.78, 5) is 25.0. The van der Waals surface area contributed by atoms with E-state index < -0.39 is 0 Å². The molecule has 0 aromatic rings. The van der Waals surface area contributed by atoms with Gasteiger partial charge in [0.2, 0.25) is 5.91 Å². The van der Waals surface area contributed by atoms with E-state index in [0.717, 1.165) is 45.1 Å². The third-order valence-corrected chi connectivity index (χ3v) is 4.03. The van der Waals surface area contributed by atoms with Gasteiger partial charge in [-0.1, -0.05) is 13.8 Å². The number of likely N-dealkylation sites (tertiary alicyclic amines) is 1. The van der Waals surface area contributed by atoms with Gasteiger partial charge < -0.3 is 10.1 Å². The van der Waals surface area contributed by atoms with Crippen LogP contribution in [0.3, 0.4) is 0 Å². The van der Waals surface area contributed by atoms with Crippen LogP contribution >= 0.6 is 0 Å². The number of piperidine rings is 1. The van der Waals surface area contributed by atoms with Gasteiger partial charge in [0.1, 0.15) is 6.29 Å². The van der Waals surface area contributed by atoms with Crippen LogP contribution in [0, 0.1) is 5.92 Å². The molecule has 0 aromatic heterocycles. The van der Waals surface area contributed by atoms with Gasteiger partial charge in [0.25, 0.3) is 0 Å². The van der Waals surface area contributed by atoms with Crippen molar-refractivity contribution in [1.82, 2.24) is 10.2 Å². The lowest BCUT2D eigenvalue weighted by Crippen LogP contribution is -2.50. The van der Waals surface area contributed by atoms with Crippen LogP contribution < -0.4 is 5.32 Å². The standard InChI is InChI=1S/C14H26N2O2/c1-4-13(5-2)15-14(18)11(3)16-8-6-12(10-17)7-9-16/h10-13H,4-9H2,1-3H3,(H,15,18). The van der Waals surface area contributed by atoms with Gasteiger partial charge in [-0.2, -0.15) is 0 Å². The van der Waals surface area contributed by atoms with E-state index in [0.29, 0.717) is 0 Å². The smallest absolute Gasteiger partial charge is 0.237 e. The summed E-state index contributed by atoms with van der Waals surface area (Å²) in [6.07, 6.45) is 4.76. The molecule has 0 aliphatic carbocycles. The number of carbonyl (C=O) groups excluding carboxylic acids is 2. The van der Waals surface area contributed by atoms with Crippen molar-refractivity contribution in [2.75, 3.05) is 13.1 Å². The SMILES string of the molecule is CCC(CC)NC(=O)C(C)N1CCC(C=O)CC1. The van der Waals surface area contributed by atoms with E-state index in [1.165, 1.54) is 0 Å². The predicted octanol–water partition coefficient (Wildman–Crippen LogP) is 1.59. The van der Waals surface area contributed by atoms with Crippen LogP contribution in [0.4, 0.5) is 0 Å². The molecule has 1 unspecified atom stereocenters. The fraction of sp³-hybridized carbons (Fsp3) is 0.857. The zero-order chi connectivity index (χ0) is 13.5. The van der Waals surface area contributed by atoms with Crippen molar-refractivity contribution in [3.8, 4) is 0 Å². The molecule has 4 heteroatoms. The first-order valence-corrected chi connectivity index (χ1v) is 7.12. The molecular formula is C14H26N2O2. The number of aldehydes is 1. The Morgan fingerprint density at radius 3 is 2.33 bits per heavy atom. The van der Waals surface area contributed by atoms with Crippen LogP contribution in [0.2, 0.25) is 0 Å². The third-order valence-electron chi connectivity index (χ3n) is 4.03. The maximum atomic E-state index is 12.1. The molecule has 18 heavy (non-hydrogen) atoms. The predicted molar refractivity (Wildman–Crippen MR) is 72.3 cm³/mol. The summed E-state index contributed by atoms with van der Waals surface area (Å²) in [6, 6.07) is 0.200. The highest BCUT2D eigenvalue weighted by molar-refractivity contribution is 5.81. The van der Waals surface area contributed by atoms with Crippen molar-refractivity contribution in [2.45, 2.75) is 58.5 Å². The van der Waals surface area contributed by atoms with E-state index in [1.54, 1.807) is 0 Å². The van der Waals surface area contributed by atoms with Crippen molar-refractivity contribution in [2.24, 2.45) is 5.92 Å². The molecule has 1 fully saturated rings. The van der Waals surface area contributed by atoms with Crippen LogP contribution in [0.1, 0.15) is 46.5 Å². The Hall–Kier alpha value is -0.900. The Bertz CT molecular complexity index is 269. The second kappa shape index (κ2) is 7.52. The lowest BCUT2D eigenvalue weighted by Gasteiger charge is -2.34. The molecule has 1 atom stereocenters. The fourth-order valence-corrected chi connectivity index (χ4v) is 2.42. The monoisotopic (exact) mass is 254 g/mol. The second-order valence-electron chi connectivity index (χ2n) is 5.21. The van der Waals surface area contributed by atoms with Crippen LogP contribution in [0.5, 0.6) is 0 Å². The Balaban J connectivity index is 2.42. The number of amides is 1. The lowest BCUT2D eigenvalue weighted by molar-refractivity contribution is -0.127. The summed E-state index contributed by atoms with van der Waals surface area (Å²) >= 11 is 0. The van der Waals surface area contributed by atoms with Gasteiger partial charge in [-0.3, -0.25) is 9.69 Å². The first-order chi connectivity index (χ1) is 8.62. The Morgan fingerprint density at radius 2 is 1.89 bits per heavy atom. The van der Waals surface area contributed by atoms with Crippen molar-refractivity contribution in [3.05, 3.63) is 0 Å². The maximum Gasteiger partial charge on any atom is 0.237 e. The normalized spacial score (nSPS) is 19.8. The number of nitrogens with zero attached hydrogens (tertiary/aromatic N) is 1. The summed E-state index contributed by atoms with van der Waals surface area (Å²) in [5, 5.41) is 3.09. The molecule has 1 heterocycles. The molecule has 1 saturated heterocycles. The molecule has 104 valence electrons. The molecule has 0 aromatic carbocycles. The molecule has 1 aliphatic rings. The molecular weight excluding hydrogens is 228 g/mol. The Labute approximate surface area is 110 Å². The largest absolute Gasteiger partial charge is 0.352 e. The molecule has 1 N–H and O–H groups in total. The van der Waals surface area contributed by atoms with Crippen LogP contribution in [-0.2, 0) is 9.59 Å². The van der Waals surface area contributed by atoms with Gasteiger partial charge in [0, 0.05) is 12.0 Å². The van der Waals surface area contributed by atoms with E-state index in [2.05, 4.69) is 24.1 Å². The van der Waals surface area contributed by atoms with Crippen molar-refractivity contribution in [3.63, 3.8) is 0 Å². The minimum Gasteiger partial charge on any atom is -0.352 e. The molecule has 1 amide bonds. The van der Waals surface area contributed by atoms with Gasteiger partial charge in [-0.05, 0) is 45.7 Å². The van der Waals surface area contributed by atoms with Crippen molar-refractivity contribution in [1.29, 1.82) is 0 Å². The topological polar surface area (TPSA) is 49.4 Å². The highest BCUT2D eigenvalue weighted by Crippen LogP contribution is 2.17. The summed E-state index contributed by atoms with van der Waals surface area (Å²) in [5.74, 6) is 0.309. The highest BCUT2D eigenvalue weighted by Gasteiger charge is 2.26. The average Bonchev–Trinajstić information content (AvgIpc) is 2.43. The molecule has 1 rings (SSSR count). The van der Waals surface area contributed by atoms with E-state index in [1.807, 2.05) is 6.92 Å². The number of hydrogen-bond donors (Lipinski definition) is 1. The number of nitrogens with one attached hydrogen (secondary N) is 1. The van der Waals surface area contributed by atoms with Crippen molar-refractivity contribution >= 4 is 12.2 Å². The van der Waals surface area contributed by atoms with E-state index >= 15 is 0 Å². The quantitative estimate of drug-likeness (QED) is 0.732. The van der Waals surface area contributed by atoms with Gasteiger partial charge in [-0.25, -0.2) is 0 Å². The van der Waals surface area contributed by atoms with Gasteiger partial charge >= 0.3 is 0 Å². The maximum absolute atomic E-state index is 12.1. The first-order valence-electron chi connectivity index (χ1n) is 7.12. The van der Waals surface area contributed by atoms with Gasteiger partial charge in [-0.15, -0.1) is 0 Å². The molecule has 0 spiro atoms. The fourth-order valence-electron chi connectivity index (χ4n) is 2.42. The molecule has 4 nitrogen and oxygen atoms in total. The summed E-state index contributed by atoms with van der Waals surface area (Å²) in [5.41, 5.74) is 0. The molecule has 0 bridgehead atoms. The lowest BCUT2D eigenvalue weighted by atomic mass is 9.97. The Morgan fingerprint density at radius 1 is 1.33 bits per heavy atom. The minimum absolute atomic E-state index is 0.0850. The zero-order valence-electron chi connectivity index (χ0n) is 11.8. The summed E-state index contributed by atoms with van der Waals surface area (Å²) < 4.78 is 0. The van der Waals surface area contributed by atoms with Crippen LogP contribution in [0.15, 0.2) is 0 Å². The van der Waals surface area contributed by atoms with Gasteiger partial charge in [0.15, 0.2) is 0 Å². The molecule has 0 radical (unpaired) electrons. The number of hydrogen-bond acceptors (Lipinski definition) is 3. The number of carbonyl (C=O) groups is 2. The Kier molecular flexibility index (Phi) is 6.33. The number of rotatable bonds is 6. The van der Waals surface area contributed by atoms with Crippen molar-refractivity contribution < 1.29 is 9.59 Å². The van der Waals surface area contributed by atoms with Gasteiger partial charge in [0.05, 0.1) is 6.04 Å². The summed E-state index contributed by atoms with van der Waals surface area (Å²) in [7, 11) is 0. The van der Waals surface area contributed by atoms with E-state index in [4.69, 9.17) is 0 Å². The minimum atomic E-state index is -0.0850. The molecule has 0 saturated carbocycles. The van der Waals surface area contributed by atoms with Crippen LogP contribution in [0.25, 0.3) is 0 Å². The van der Waals surface area contributed by atoms with Crippen LogP contribution in [-0.4, -0.2) is 42.3 Å². The van der Waals surface area contributed by atoms with E-state index in [-0.39, 0.29) is 23.9 Å². The highest BCUT2D eigenvalue weighted by atomic mass is 16.2. The third kappa shape index (κ3) is 4.09. The van der Waals surface area contributed by atoms with E-state index in [9.17, 15) is 9.59 Å². The second-order valence-corrected chi connectivity index (χ2v) is 5.21.